The first-order valence-electron chi connectivity index (χ1n) is 9.80. The number of piperidine rings is 1. The molecule has 0 aromatic heterocycles. The number of nitrogens with one attached hydrogen (secondary N) is 2. The van der Waals surface area contributed by atoms with Crippen LogP contribution in [0.3, 0.4) is 0 Å². The molecule has 1 aromatic rings. The molecule has 0 bridgehead atoms. The summed E-state index contributed by atoms with van der Waals surface area (Å²) >= 11 is 0. The van der Waals surface area contributed by atoms with Gasteiger partial charge >= 0.3 is 0 Å². The summed E-state index contributed by atoms with van der Waals surface area (Å²) in [5.74, 6) is 2.17. The van der Waals surface area contributed by atoms with Crippen molar-refractivity contribution in [2.45, 2.75) is 64.0 Å². The molecule has 4 atom stereocenters. The molecule has 0 spiro atoms. The predicted octanol–water partition coefficient (Wildman–Crippen LogP) is 2.83. The lowest BCUT2D eigenvalue weighted by atomic mass is 9.70. The van der Waals surface area contributed by atoms with Gasteiger partial charge in [-0.2, -0.15) is 0 Å². The van der Waals surface area contributed by atoms with Gasteiger partial charge in [0.05, 0.1) is 7.11 Å². The molecule has 1 aliphatic carbocycles. The molecule has 5 heteroatoms. The van der Waals surface area contributed by atoms with Crippen LogP contribution in [0.5, 0.6) is 5.75 Å². The maximum Gasteiger partial charge on any atom is 0.220 e. The maximum absolute atomic E-state index is 12.3. The Morgan fingerprint density at radius 3 is 2.73 bits per heavy atom. The van der Waals surface area contributed by atoms with Crippen LogP contribution in [0.4, 0.5) is 0 Å². The molecule has 1 aromatic carbocycles. The van der Waals surface area contributed by atoms with Crippen molar-refractivity contribution in [2.24, 2.45) is 11.8 Å². The molecule has 1 aliphatic heterocycles. The van der Waals surface area contributed by atoms with Gasteiger partial charge < -0.3 is 15.4 Å². The zero-order valence-corrected chi connectivity index (χ0v) is 15.8. The lowest BCUT2D eigenvalue weighted by Crippen LogP contribution is -2.55. The van der Waals surface area contributed by atoms with E-state index in [1.807, 2.05) is 24.3 Å². The number of amides is 2. The van der Waals surface area contributed by atoms with E-state index in [1.54, 1.807) is 7.11 Å². The van der Waals surface area contributed by atoms with Gasteiger partial charge in [0.2, 0.25) is 11.8 Å². The number of rotatable bonds is 6. The number of carbonyl (C=O) groups is 2. The van der Waals surface area contributed by atoms with E-state index in [0.717, 1.165) is 43.4 Å². The van der Waals surface area contributed by atoms with Crippen LogP contribution in [-0.4, -0.2) is 31.0 Å². The molecule has 26 heavy (non-hydrogen) atoms. The van der Waals surface area contributed by atoms with Crippen molar-refractivity contribution in [3.05, 3.63) is 29.8 Å². The number of hydrogen-bond donors (Lipinski definition) is 2. The molecular formula is C21H30N2O3. The second kappa shape index (κ2) is 8.56. The number of benzene rings is 1. The Balaban J connectivity index is 1.46. The summed E-state index contributed by atoms with van der Waals surface area (Å²) < 4.78 is 5.15. The smallest absolute Gasteiger partial charge is 0.220 e. The fourth-order valence-electron chi connectivity index (χ4n) is 4.51. The van der Waals surface area contributed by atoms with Crippen LogP contribution in [-0.2, 0) is 16.0 Å². The van der Waals surface area contributed by atoms with E-state index in [-0.39, 0.29) is 23.9 Å². The molecule has 5 nitrogen and oxygen atoms in total. The minimum Gasteiger partial charge on any atom is -0.497 e. The first-order chi connectivity index (χ1) is 12.6. The normalized spacial score (nSPS) is 28.0. The van der Waals surface area contributed by atoms with Crippen LogP contribution >= 0.6 is 0 Å². The van der Waals surface area contributed by atoms with Crippen molar-refractivity contribution >= 4 is 11.8 Å². The van der Waals surface area contributed by atoms with E-state index < -0.39 is 0 Å². The average Bonchev–Trinajstić information content (AvgIpc) is 2.65. The second-order valence-corrected chi connectivity index (χ2v) is 7.64. The van der Waals surface area contributed by atoms with Crippen molar-refractivity contribution in [3.8, 4) is 5.75 Å². The molecule has 3 rings (SSSR count). The molecule has 2 aliphatic rings. The standard InChI is InChI=1S/C21H30N2O3/c1-3-15-12-21(25)23-19-13-16(7-10-18(15)19)22-20(24)11-6-14-4-8-17(26-2)9-5-14/h4-5,8-9,15-16,18-19H,3,6-7,10-13H2,1-2H3,(H,22,24)(H,23,25). The Hall–Kier alpha value is -2.04. The highest BCUT2D eigenvalue weighted by molar-refractivity contribution is 5.78. The van der Waals surface area contributed by atoms with Crippen molar-refractivity contribution in [3.63, 3.8) is 0 Å². The maximum atomic E-state index is 12.3. The molecule has 2 N–H and O–H groups in total. The highest BCUT2D eigenvalue weighted by atomic mass is 16.5. The highest BCUT2D eigenvalue weighted by Gasteiger charge is 2.40. The Labute approximate surface area is 155 Å². The SMILES string of the molecule is CCC1CC(=O)NC2CC(NC(=O)CCc3ccc(OC)cc3)CCC12. The lowest BCUT2D eigenvalue weighted by molar-refractivity contribution is -0.127. The lowest BCUT2D eigenvalue weighted by Gasteiger charge is -2.44. The molecule has 0 radical (unpaired) electrons. The zero-order valence-electron chi connectivity index (χ0n) is 15.8. The Morgan fingerprint density at radius 1 is 1.27 bits per heavy atom. The van der Waals surface area contributed by atoms with Crippen molar-refractivity contribution in [1.82, 2.24) is 10.6 Å². The summed E-state index contributed by atoms with van der Waals surface area (Å²) in [6, 6.07) is 8.24. The van der Waals surface area contributed by atoms with Crippen molar-refractivity contribution in [1.29, 1.82) is 0 Å². The van der Waals surface area contributed by atoms with Gasteiger partial charge in [0.1, 0.15) is 5.75 Å². The van der Waals surface area contributed by atoms with Gasteiger partial charge in [0.25, 0.3) is 0 Å². The summed E-state index contributed by atoms with van der Waals surface area (Å²) in [6.45, 7) is 2.17. The fraction of sp³-hybridized carbons (Fsp3) is 0.619. The number of ether oxygens (including phenoxy) is 1. The monoisotopic (exact) mass is 358 g/mol. The van der Waals surface area contributed by atoms with E-state index in [0.29, 0.717) is 24.7 Å². The fourth-order valence-corrected chi connectivity index (χ4v) is 4.51. The molecule has 1 saturated carbocycles. The average molecular weight is 358 g/mol. The predicted molar refractivity (Wildman–Crippen MR) is 101 cm³/mol. The summed E-state index contributed by atoms with van der Waals surface area (Å²) in [4.78, 5) is 24.2. The van der Waals surface area contributed by atoms with Crippen LogP contribution < -0.4 is 15.4 Å². The molecular weight excluding hydrogens is 328 g/mol. The third-order valence-electron chi connectivity index (χ3n) is 5.99. The van der Waals surface area contributed by atoms with E-state index in [2.05, 4.69) is 17.6 Å². The molecule has 2 amide bonds. The number of hydrogen-bond acceptors (Lipinski definition) is 3. The highest BCUT2D eigenvalue weighted by Crippen LogP contribution is 2.36. The van der Waals surface area contributed by atoms with Gasteiger partial charge in [0, 0.05) is 24.9 Å². The quantitative estimate of drug-likeness (QED) is 0.822. The molecule has 2 fully saturated rings. The Kier molecular flexibility index (Phi) is 6.17. The van der Waals surface area contributed by atoms with E-state index in [4.69, 9.17) is 4.74 Å². The number of aryl methyl sites for hydroxylation is 1. The summed E-state index contributed by atoms with van der Waals surface area (Å²) in [7, 11) is 1.65. The van der Waals surface area contributed by atoms with Gasteiger partial charge in [-0.15, -0.1) is 0 Å². The summed E-state index contributed by atoms with van der Waals surface area (Å²) in [5.41, 5.74) is 1.13. The molecule has 4 unspecified atom stereocenters. The van der Waals surface area contributed by atoms with Gasteiger partial charge in [-0.25, -0.2) is 0 Å². The summed E-state index contributed by atoms with van der Waals surface area (Å²) in [5, 5.41) is 6.33. The Morgan fingerprint density at radius 2 is 2.04 bits per heavy atom. The van der Waals surface area contributed by atoms with Gasteiger partial charge in [-0.3, -0.25) is 9.59 Å². The van der Waals surface area contributed by atoms with Crippen LogP contribution in [0, 0.1) is 11.8 Å². The number of fused-ring (bicyclic) bond motifs is 1. The molecule has 1 heterocycles. The number of carbonyl (C=O) groups excluding carboxylic acids is 2. The molecule has 1 saturated heterocycles. The first kappa shape index (κ1) is 18.7. The number of methoxy groups -OCH3 is 1. The van der Waals surface area contributed by atoms with Crippen LogP contribution in [0.25, 0.3) is 0 Å². The van der Waals surface area contributed by atoms with Crippen molar-refractivity contribution < 1.29 is 14.3 Å². The topological polar surface area (TPSA) is 67.4 Å². The van der Waals surface area contributed by atoms with Gasteiger partial charge in [-0.1, -0.05) is 25.5 Å². The minimum atomic E-state index is 0.0958. The third kappa shape index (κ3) is 4.57. The Bertz CT molecular complexity index is 629. The third-order valence-corrected chi connectivity index (χ3v) is 5.99. The van der Waals surface area contributed by atoms with Crippen molar-refractivity contribution in [2.75, 3.05) is 7.11 Å². The summed E-state index contributed by atoms with van der Waals surface area (Å²) in [6.07, 6.45) is 5.91. The molecule has 142 valence electrons. The van der Waals surface area contributed by atoms with Crippen LogP contribution in [0.1, 0.15) is 51.0 Å². The van der Waals surface area contributed by atoms with E-state index in [9.17, 15) is 9.59 Å². The second-order valence-electron chi connectivity index (χ2n) is 7.64. The van der Waals surface area contributed by atoms with E-state index in [1.165, 1.54) is 0 Å². The van der Waals surface area contributed by atoms with Gasteiger partial charge in [-0.05, 0) is 55.2 Å². The zero-order chi connectivity index (χ0) is 18.5. The minimum absolute atomic E-state index is 0.0958. The van der Waals surface area contributed by atoms with E-state index >= 15 is 0 Å². The van der Waals surface area contributed by atoms with Crippen LogP contribution in [0.2, 0.25) is 0 Å². The largest absolute Gasteiger partial charge is 0.497 e. The van der Waals surface area contributed by atoms with Gasteiger partial charge in [0.15, 0.2) is 0 Å². The first-order valence-corrected chi connectivity index (χ1v) is 9.80. The van der Waals surface area contributed by atoms with Crippen LogP contribution in [0.15, 0.2) is 24.3 Å².